The van der Waals surface area contributed by atoms with Crippen molar-refractivity contribution in [3.8, 4) is 0 Å². The first-order chi connectivity index (χ1) is 10.2. The van der Waals surface area contributed by atoms with Crippen molar-refractivity contribution in [2.45, 2.75) is 65.5 Å². The fourth-order valence-electron chi connectivity index (χ4n) is 3.65. The molecular formula is C17H31N3O. The Morgan fingerprint density at radius 3 is 2.76 bits per heavy atom. The lowest BCUT2D eigenvalue weighted by molar-refractivity contribution is 0.199. The molecule has 1 aliphatic carbocycles. The van der Waals surface area contributed by atoms with Gasteiger partial charge in [0.2, 0.25) is 0 Å². The van der Waals surface area contributed by atoms with E-state index in [-0.39, 0.29) is 0 Å². The van der Waals surface area contributed by atoms with E-state index >= 15 is 0 Å². The standard InChI is InChI=1S/C17H31N3O/c1-5-15-8-6-7-9-17(15)20-14(3)16(13(2)19-20)12-18-10-11-21-4/h15,17-18H,5-12H2,1-4H3. The first-order valence-electron chi connectivity index (χ1n) is 8.43. The summed E-state index contributed by atoms with van der Waals surface area (Å²) in [5.41, 5.74) is 3.90. The molecule has 1 heterocycles. The molecule has 2 atom stereocenters. The first kappa shape index (κ1) is 16.5. The second-order valence-electron chi connectivity index (χ2n) is 6.28. The second kappa shape index (κ2) is 7.95. The minimum absolute atomic E-state index is 0.607. The Bertz CT molecular complexity index is 441. The zero-order valence-electron chi connectivity index (χ0n) is 14.1. The van der Waals surface area contributed by atoms with E-state index < -0.39 is 0 Å². The van der Waals surface area contributed by atoms with Crippen LogP contribution in [0.5, 0.6) is 0 Å². The maximum atomic E-state index is 5.09. The van der Waals surface area contributed by atoms with E-state index in [1.165, 1.54) is 49.1 Å². The summed E-state index contributed by atoms with van der Waals surface area (Å²) >= 11 is 0. The van der Waals surface area contributed by atoms with Crippen molar-refractivity contribution >= 4 is 0 Å². The highest BCUT2D eigenvalue weighted by atomic mass is 16.5. The van der Waals surface area contributed by atoms with Gasteiger partial charge < -0.3 is 10.1 Å². The Kier molecular flexibility index (Phi) is 6.24. The number of aromatic nitrogens is 2. The summed E-state index contributed by atoms with van der Waals surface area (Å²) in [4.78, 5) is 0. The number of hydrogen-bond acceptors (Lipinski definition) is 3. The van der Waals surface area contributed by atoms with E-state index in [0.717, 1.165) is 25.6 Å². The van der Waals surface area contributed by atoms with Crippen LogP contribution in [0.25, 0.3) is 0 Å². The molecule has 1 aromatic rings. The summed E-state index contributed by atoms with van der Waals surface area (Å²) < 4.78 is 7.42. The lowest BCUT2D eigenvalue weighted by atomic mass is 9.83. The number of aryl methyl sites for hydroxylation is 1. The van der Waals surface area contributed by atoms with Crippen molar-refractivity contribution < 1.29 is 4.74 Å². The highest BCUT2D eigenvalue weighted by Gasteiger charge is 2.28. The second-order valence-corrected chi connectivity index (χ2v) is 6.28. The van der Waals surface area contributed by atoms with Gasteiger partial charge in [-0.05, 0) is 32.6 Å². The van der Waals surface area contributed by atoms with E-state index in [1.54, 1.807) is 7.11 Å². The topological polar surface area (TPSA) is 39.1 Å². The van der Waals surface area contributed by atoms with Gasteiger partial charge in [0.15, 0.2) is 0 Å². The maximum Gasteiger partial charge on any atom is 0.0641 e. The Hall–Kier alpha value is -0.870. The number of nitrogens with zero attached hydrogens (tertiary/aromatic N) is 2. The summed E-state index contributed by atoms with van der Waals surface area (Å²) in [6, 6.07) is 0.607. The summed E-state index contributed by atoms with van der Waals surface area (Å²) in [7, 11) is 1.74. The quantitative estimate of drug-likeness (QED) is 0.783. The van der Waals surface area contributed by atoms with Crippen LogP contribution in [-0.4, -0.2) is 30.0 Å². The molecule has 120 valence electrons. The molecule has 0 amide bonds. The van der Waals surface area contributed by atoms with Gasteiger partial charge in [0.1, 0.15) is 0 Å². The lowest BCUT2D eigenvalue weighted by Crippen LogP contribution is -2.25. The predicted molar refractivity (Wildman–Crippen MR) is 86.6 cm³/mol. The molecule has 1 aliphatic rings. The Morgan fingerprint density at radius 2 is 2.05 bits per heavy atom. The first-order valence-corrected chi connectivity index (χ1v) is 8.43. The molecule has 21 heavy (non-hydrogen) atoms. The molecule has 4 nitrogen and oxygen atoms in total. The number of methoxy groups -OCH3 is 1. The molecule has 0 radical (unpaired) electrons. The SMILES string of the molecule is CCC1CCCCC1n1nc(C)c(CNCCOC)c1C. The summed E-state index contributed by atoms with van der Waals surface area (Å²) in [5.74, 6) is 0.797. The van der Waals surface area contributed by atoms with Crippen LogP contribution in [0.3, 0.4) is 0 Å². The van der Waals surface area contributed by atoms with E-state index in [4.69, 9.17) is 9.84 Å². The zero-order chi connectivity index (χ0) is 15.2. The van der Waals surface area contributed by atoms with Crippen molar-refractivity contribution in [3.05, 3.63) is 17.0 Å². The molecule has 0 bridgehead atoms. The predicted octanol–water partition coefficient (Wildman–Crippen LogP) is 3.38. The normalized spacial score (nSPS) is 22.7. The Balaban J connectivity index is 2.10. The van der Waals surface area contributed by atoms with Crippen LogP contribution >= 0.6 is 0 Å². The number of rotatable bonds is 7. The molecular weight excluding hydrogens is 262 g/mol. The minimum atomic E-state index is 0.607. The van der Waals surface area contributed by atoms with Crippen LogP contribution in [0.2, 0.25) is 0 Å². The molecule has 1 N–H and O–H groups in total. The van der Waals surface area contributed by atoms with Gasteiger partial charge in [0.25, 0.3) is 0 Å². The van der Waals surface area contributed by atoms with Gasteiger partial charge in [0, 0.05) is 31.5 Å². The van der Waals surface area contributed by atoms with Crippen LogP contribution < -0.4 is 5.32 Å². The third-order valence-corrected chi connectivity index (χ3v) is 4.97. The highest BCUT2D eigenvalue weighted by Crippen LogP contribution is 2.36. The fourth-order valence-corrected chi connectivity index (χ4v) is 3.65. The Morgan fingerprint density at radius 1 is 1.29 bits per heavy atom. The summed E-state index contributed by atoms with van der Waals surface area (Å²) in [6.45, 7) is 9.23. The molecule has 0 saturated heterocycles. The molecule has 1 fully saturated rings. The molecule has 1 aromatic heterocycles. The van der Waals surface area contributed by atoms with Crippen molar-refractivity contribution in [2.75, 3.05) is 20.3 Å². The summed E-state index contributed by atoms with van der Waals surface area (Å²) in [6.07, 6.45) is 6.66. The fraction of sp³-hybridized carbons (Fsp3) is 0.824. The van der Waals surface area contributed by atoms with Gasteiger partial charge in [-0.1, -0.05) is 26.2 Å². The molecule has 2 rings (SSSR count). The molecule has 2 unspecified atom stereocenters. The van der Waals surface area contributed by atoms with Gasteiger partial charge in [-0.25, -0.2) is 0 Å². The minimum Gasteiger partial charge on any atom is -0.383 e. The smallest absolute Gasteiger partial charge is 0.0641 e. The van der Waals surface area contributed by atoms with Crippen LogP contribution in [0, 0.1) is 19.8 Å². The van der Waals surface area contributed by atoms with Crippen LogP contribution in [-0.2, 0) is 11.3 Å². The van der Waals surface area contributed by atoms with Crippen molar-refractivity contribution in [3.63, 3.8) is 0 Å². The van der Waals surface area contributed by atoms with Gasteiger partial charge in [-0.15, -0.1) is 0 Å². The maximum absolute atomic E-state index is 5.09. The third kappa shape index (κ3) is 3.86. The van der Waals surface area contributed by atoms with Gasteiger partial charge >= 0.3 is 0 Å². The average molecular weight is 293 g/mol. The highest BCUT2D eigenvalue weighted by molar-refractivity contribution is 5.25. The molecule has 0 aromatic carbocycles. The zero-order valence-corrected chi connectivity index (χ0v) is 14.1. The monoisotopic (exact) mass is 293 g/mol. The van der Waals surface area contributed by atoms with Crippen molar-refractivity contribution in [1.29, 1.82) is 0 Å². The van der Waals surface area contributed by atoms with E-state index in [9.17, 15) is 0 Å². The summed E-state index contributed by atoms with van der Waals surface area (Å²) in [5, 5.41) is 8.32. The van der Waals surface area contributed by atoms with Crippen LogP contribution in [0.1, 0.15) is 62.0 Å². The molecule has 0 aliphatic heterocycles. The van der Waals surface area contributed by atoms with Crippen molar-refractivity contribution in [1.82, 2.24) is 15.1 Å². The number of ether oxygens (including phenoxy) is 1. The largest absolute Gasteiger partial charge is 0.383 e. The van der Waals surface area contributed by atoms with Gasteiger partial charge in [-0.3, -0.25) is 4.68 Å². The lowest BCUT2D eigenvalue weighted by Gasteiger charge is -2.32. The van der Waals surface area contributed by atoms with E-state index in [0.29, 0.717) is 6.04 Å². The van der Waals surface area contributed by atoms with E-state index in [1.807, 2.05) is 0 Å². The number of nitrogens with one attached hydrogen (secondary N) is 1. The third-order valence-electron chi connectivity index (χ3n) is 4.97. The van der Waals surface area contributed by atoms with Crippen LogP contribution in [0.4, 0.5) is 0 Å². The Labute approximate surface area is 129 Å². The van der Waals surface area contributed by atoms with Gasteiger partial charge in [-0.2, -0.15) is 5.10 Å². The molecule has 0 spiro atoms. The molecule has 1 saturated carbocycles. The van der Waals surface area contributed by atoms with Gasteiger partial charge in [0.05, 0.1) is 18.3 Å². The number of hydrogen-bond donors (Lipinski definition) is 1. The van der Waals surface area contributed by atoms with E-state index in [2.05, 4.69) is 30.8 Å². The van der Waals surface area contributed by atoms with Crippen LogP contribution in [0.15, 0.2) is 0 Å². The average Bonchev–Trinajstić information content (AvgIpc) is 2.79. The van der Waals surface area contributed by atoms with Crippen molar-refractivity contribution in [2.24, 2.45) is 5.92 Å². The molecule has 4 heteroatoms.